The Hall–Kier alpha value is -0.540. The van der Waals surface area contributed by atoms with Crippen molar-refractivity contribution in [3.63, 3.8) is 0 Å². The van der Waals surface area contributed by atoms with E-state index in [9.17, 15) is 5.11 Å². The molecule has 0 aliphatic carbocycles. The van der Waals surface area contributed by atoms with Crippen molar-refractivity contribution in [3.05, 3.63) is 28.2 Å². The summed E-state index contributed by atoms with van der Waals surface area (Å²) in [5, 5.41) is 9.49. The Morgan fingerprint density at radius 2 is 2.19 bits per heavy atom. The molecular formula is C13H18BrNO. The Labute approximate surface area is 105 Å². The van der Waals surface area contributed by atoms with Crippen LogP contribution in [0.15, 0.2) is 22.7 Å². The third-order valence-corrected chi connectivity index (χ3v) is 4.09. The third kappa shape index (κ3) is 2.58. The molecule has 16 heavy (non-hydrogen) atoms. The standard InChI is InChI=1S/C13H18BrNO/c1-9-5-10(2)15(7-9)8-11-6-12(16)3-4-13(11)14/h3-4,6,9-10,16H,5,7-8H2,1-2H3. The molecule has 1 aliphatic rings. The van der Waals surface area contributed by atoms with Crippen molar-refractivity contribution in [3.8, 4) is 5.75 Å². The highest BCUT2D eigenvalue weighted by atomic mass is 79.9. The zero-order chi connectivity index (χ0) is 11.7. The van der Waals surface area contributed by atoms with E-state index in [1.807, 2.05) is 12.1 Å². The second-order valence-corrected chi connectivity index (χ2v) is 5.75. The molecule has 0 saturated carbocycles. The number of rotatable bonds is 2. The van der Waals surface area contributed by atoms with Crippen LogP contribution >= 0.6 is 15.9 Å². The molecule has 0 spiro atoms. The van der Waals surface area contributed by atoms with Crippen molar-refractivity contribution < 1.29 is 5.11 Å². The summed E-state index contributed by atoms with van der Waals surface area (Å²) in [7, 11) is 0. The quantitative estimate of drug-likeness (QED) is 0.900. The fourth-order valence-corrected chi connectivity index (χ4v) is 2.88. The predicted molar refractivity (Wildman–Crippen MR) is 69.5 cm³/mol. The molecule has 2 nitrogen and oxygen atoms in total. The van der Waals surface area contributed by atoms with E-state index in [1.165, 1.54) is 12.0 Å². The van der Waals surface area contributed by atoms with Crippen LogP contribution in [-0.2, 0) is 6.54 Å². The molecule has 2 atom stereocenters. The van der Waals surface area contributed by atoms with E-state index in [-0.39, 0.29) is 0 Å². The third-order valence-electron chi connectivity index (χ3n) is 3.32. The Balaban J connectivity index is 2.11. The van der Waals surface area contributed by atoms with Gasteiger partial charge >= 0.3 is 0 Å². The number of nitrogens with zero attached hydrogens (tertiary/aromatic N) is 1. The number of aromatic hydroxyl groups is 1. The van der Waals surface area contributed by atoms with Crippen LogP contribution in [-0.4, -0.2) is 22.6 Å². The summed E-state index contributed by atoms with van der Waals surface area (Å²) in [6.07, 6.45) is 1.27. The van der Waals surface area contributed by atoms with Crippen molar-refractivity contribution in [1.82, 2.24) is 4.90 Å². The fourth-order valence-electron chi connectivity index (χ4n) is 2.51. The molecular weight excluding hydrogens is 266 g/mol. The van der Waals surface area contributed by atoms with Gasteiger partial charge in [0, 0.05) is 23.6 Å². The highest BCUT2D eigenvalue weighted by Gasteiger charge is 2.26. The van der Waals surface area contributed by atoms with Gasteiger partial charge in [-0.1, -0.05) is 22.9 Å². The van der Waals surface area contributed by atoms with Crippen LogP contribution < -0.4 is 0 Å². The van der Waals surface area contributed by atoms with Gasteiger partial charge in [0.1, 0.15) is 5.75 Å². The summed E-state index contributed by atoms with van der Waals surface area (Å²) >= 11 is 3.53. The Morgan fingerprint density at radius 3 is 2.81 bits per heavy atom. The number of phenolic OH excluding ortho intramolecular Hbond substituents is 1. The maximum Gasteiger partial charge on any atom is 0.115 e. The van der Waals surface area contributed by atoms with Crippen molar-refractivity contribution in [2.75, 3.05) is 6.54 Å². The average Bonchev–Trinajstić information content (AvgIpc) is 2.51. The summed E-state index contributed by atoms with van der Waals surface area (Å²) in [4.78, 5) is 2.48. The van der Waals surface area contributed by atoms with E-state index >= 15 is 0 Å². The molecule has 0 radical (unpaired) electrons. The summed E-state index contributed by atoms with van der Waals surface area (Å²) < 4.78 is 1.08. The summed E-state index contributed by atoms with van der Waals surface area (Å²) in [5.41, 5.74) is 1.17. The second-order valence-electron chi connectivity index (χ2n) is 4.90. The van der Waals surface area contributed by atoms with Crippen LogP contribution in [0.5, 0.6) is 5.75 Å². The predicted octanol–water partition coefficient (Wildman–Crippen LogP) is 3.39. The number of hydrogen-bond donors (Lipinski definition) is 1. The van der Waals surface area contributed by atoms with E-state index in [1.54, 1.807) is 6.07 Å². The normalized spacial score (nSPS) is 26.2. The number of phenols is 1. The maximum absolute atomic E-state index is 9.49. The lowest BCUT2D eigenvalue weighted by atomic mass is 10.1. The molecule has 0 aromatic heterocycles. The molecule has 2 unspecified atom stereocenters. The zero-order valence-electron chi connectivity index (χ0n) is 9.78. The fraction of sp³-hybridized carbons (Fsp3) is 0.538. The lowest BCUT2D eigenvalue weighted by Gasteiger charge is -2.21. The van der Waals surface area contributed by atoms with Crippen molar-refractivity contribution >= 4 is 15.9 Å². The van der Waals surface area contributed by atoms with E-state index in [2.05, 4.69) is 34.7 Å². The van der Waals surface area contributed by atoms with E-state index < -0.39 is 0 Å². The highest BCUT2D eigenvalue weighted by Crippen LogP contribution is 2.28. The van der Waals surface area contributed by atoms with Gasteiger partial charge in [-0.3, -0.25) is 4.90 Å². The van der Waals surface area contributed by atoms with E-state index in [0.717, 1.165) is 23.5 Å². The molecule has 1 aromatic carbocycles. The van der Waals surface area contributed by atoms with Gasteiger partial charge in [-0.05, 0) is 43.0 Å². The molecule has 1 fully saturated rings. The van der Waals surface area contributed by atoms with Crippen LogP contribution in [0.25, 0.3) is 0 Å². The first-order valence-electron chi connectivity index (χ1n) is 5.77. The monoisotopic (exact) mass is 283 g/mol. The van der Waals surface area contributed by atoms with Gasteiger partial charge in [0.2, 0.25) is 0 Å². The first-order chi connectivity index (χ1) is 7.56. The number of likely N-dealkylation sites (tertiary alicyclic amines) is 1. The molecule has 1 N–H and O–H groups in total. The first-order valence-corrected chi connectivity index (χ1v) is 6.57. The minimum absolute atomic E-state index is 0.345. The summed E-state index contributed by atoms with van der Waals surface area (Å²) in [6, 6.07) is 6.11. The number of halogens is 1. The van der Waals surface area contributed by atoms with Crippen molar-refractivity contribution in [2.45, 2.75) is 32.9 Å². The van der Waals surface area contributed by atoms with E-state index in [4.69, 9.17) is 0 Å². The molecule has 1 heterocycles. The Bertz CT molecular complexity index is 380. The maximum atomic E-state index is 9.49. The molecule has 0 bridgehead atoms. The average molecular weight is 284 g/mol. The molecule has 1 aliphatic heterocycles. The minimum atomic E-state index is 0.345. The zero-order valence-corrected chi connectivity index (χ0v) is 11.4. The van der Waals surface area contributed by atoms with Crippen LogP contribution in [0.2, 0.25) is 0 Å². The topological polar surface area (TPSA) is 23.5 Å². The summed E-state index contributed by atoms with van der Waals surface area (Å²) in [5.74, 6) is 1.13. The van der Waals surface area contributed by atoms with Gasteiger partial charge in [-0.2, -0.15) is 0 Å². The van der Waals surface area contributed by atoms with Crippen LogP contribution in [0.3, 0.4) is 0 Å². The molecule has 2 rings (SSSR count). The largest absolute Gasteiger partial charge is 0.508 e. The summed E-state index contributed by atoms with van der Waals surface area (Å²) in [6.45, 7) is 6.65. The van der Waals surface area contributed by atoms with Gasteiger partial charge in [0.25, 0.3) is 0 Å². The highest BCUT2D eigenvalue weighted by molar-refractivity contribution is 9.10. The molecule has 1 saturated heterocycles. The lowest BCUT2D eigenvalue weighted by molar-refractivity contribution is 0.256. The van der Waals surface area contributed by atoms with Crippen LogP contribution in [0.1, 0.15) is 25.8 Å². The SMILES string of the molecule is CC1CC(C)N(Cc2cc(O)ccc2Br)C1. The van der Waals surface area contributed by atoms with Gasteiger partial charge in [-0.15, -0.1) is 0 Å². The smallest absolute Gasteiger partial charge is 0.115 e. The van der Waals surface area contributed by atoms with Gasteiger partial charge in [0.15, 0.2) is 0 Å². The molecule has 88 valence electrons. The minimum Gasteiger partial charge on any atom is -0.508 e. The van der Waals surface area contributed by atoms with Crippen LogP contribution in [0, 0.1) is 5.92 Å². The second kappa shape index (κ2) is 4.76. The van der Waals surface area contributed by atoms with Crippen molar-refractivity contribution in [1.29, 1.82) is 0 Å². The lowest BCUT2D eigenvalue weighted by Crippen LogP contribution is -2.26. The Morgan fingerprint density at radius 1 is 1.44 bits per heavy atom. The molecule has 3 heteroatoms. The molecule has 1 aromatic rings. The van der Waals surface area contributed by atoms with Crippen LogP contribution in [0.4, 0.5) is 0 Å². The van der Waals surface area contributed by atoms with Gasteiger partial charge in [0.05, 0.1) is 0 Å². The molecule has 0 amide bonds. The van der Waals surface area contributed by atoms with Crippen molar-refractivity contribution in [2.24, 2.45) is 5.92 Å². The number of benzene rings is 1. The first kappa shape index (κ1) is 11.9. The van der Waals surface area contributed by atoms with Gasteiger partial charge in [-0.25, -0.2) is 0 Å². The number of hydrogen-bond acceptors (Lipinski definition) is 2. The van der Waals surface area contributed by atoms with Gasteiger partial charge < -0.3 is 5.11 Å². The Kier molecular flexibility index (Phi) is 3.55. The van der Waals surface area contributed by atoms with E-state index in [0.29, 0.717) is 11.8 Å².